The van der Waals surface area contributed by atoms with Crippen LogP contribution in [-0.2, 0) is 4.84 Å². The molecule has 0 bridgehead atoms. The molecule has 0 aliphatic rings. The fourth-order valence-corrected chi connectivity index (χ4v) is 1.88. The molecule has 2 aromatic rings. The number of halogens is 1. The Kier molecular flexibility index (Phi) is 6.40. The summed E-state index contributed by atoms with van der Waals surface area (Å²) in [5.41, 5.74) is 2.11. The molecule has 1 amide bonds. The summed E-state index contributed by atoms with van der Waals surface area (Å²) in [5, 5.41) is 6.89. The van der Waals surface area contributed by atoms with Crippen LogP contribution in [0.4, 0.5) is 10.5 Å². The van der Waals surface area contributed by atoms with Gasteiger partial charge in [-0.05, 0) is 55.0 Å². The van der Waals surface area contributed by atoms with Crippen LogP contribution >= 0.6 is 11.6 Å². The molecular formula is C18H17ClN2O3. The third-order valence-corrected chi connectivity index (χ3v) is 3.25. The number of carbonyl (C=O) groups excluding carboxylic acids is 1. The molecule has 5 nitrogen and oxygen atoms in total. The molecule has 6 heteroatoms. The summed E-state index contributed by atoms with van der Waals surface area (Å²) >= 11 is 5.77. The predicted molar refractivity (Wildman–Crippen MR) is 96.7 cm³/mol. The van der Waals surface area contributed by atoms with Gasteiger partial charge in [0, 0.05) is 10.7 Å². The largest absolute Gasteiger partial charge is 0.497 e. The fourth-order valence-electron chi connectivity index (χ4n) is 1.75. The lowest BCUT2D eigenvalue weighted by Gasteiger charge is -2.02. The minimum absolute atomic E-state index is 0.553. The topological polar surface area (TPSA) is 59.9 Å². The molecule has 0 unspecified atom stereocenters. The van der Waals surface area contributed by atoms with E-state index in [1.54, 1.807) is 44.4 Å². The lowest BCUT2D eigenvalue weighted by molar-refractivity contribution is 0.166. The zero-order chi connectivity index (χ0) is 17.4. The average molecular weight is 345 g/mol. The van der Waals surface area contributed by atoms with E-state index in [9.17, 15) is 4.79 Å². The van der Waals surface area contributed by atoms with E-state index in [2.05, 4.69) is 10.5 Å². The second-order valence-electron chi connectivity index (χ2n) is 4.85. The van der Waals surface area contributed by atoms with E-state index < -0.39 is 6.09 Å². The summed E-state index contributed by atoms with van der Waals surface area (Å²) in [4.78, 5) is 16.4. The molecule has 2 aromatic carbocycles. The standard InChI is InChI=1S/C18H17ClN2O3/c1-13(3-4-14-5-11-17(23-2)12-6-14)21-24-18(22)20-16-9-7-15(19)8-10-16/h3-12H,1-2H3,(H,20,22)/b4-3+,21-13-. The first-order valence-corrected chi connectivity index (χ1v) is 7.55. The number of hydrogen-bond donors (Lipinski definition) is 1. The monoisotopic (exact) mass is 344 g/mol. The van der Waals surface area contributed by atoms with Gasteiger partial charge in [-0.1, -0.05) is 35.0 Å². The quantitative estimate of drug-likeness (QED) is 0.472. The van der Waals surface area contributed by atoms with Crippen LogP contribution in [0.2, 0.25) is 5.02 Å². The van der Waals surface area contributed by atoms with E-state index >= 15 is 0 Å². The number of oxime groups is 1. The van der Waals surface area contributed by atoms with Gasteiger partial charge in [0.1, 0.15) is 5.75 Å². The Morgan fingerprint density at radius 1 is 1.12 bits per heavy atom. The maximum absolute atomic E-state index is 11.6. The predicted octanol–water partition coefficient (Wildman–Crippen LogP) is 4.99. The van der Waals surface area contributed by atoms with E-state index in [1.807, 2.05) is 30.3 Å². The van der Waals surface area contributed by atoms with Gasteiger partial charge in [0.2, 0.25) is 0 Å². The van der Waals surface area contributed by atoms with Crippen LogP contribution in [0, 0.1) is 0 Å². The molecular weight excluding hydrogens is 328 g/mol. The Bertz CT molecular complexity index is 738. The normalized spacial score (nSPS) is 11.4. The Morgan fingerprint density at radius 2 is 1.79 bits per heavy atom. The molecule has 124 valence electrons. The lowest BCUT2D eigenvalue weighted by Crippen LogP contribution is -2.11. The van der Waals surface area contributed by atoms with E-state index in [1.165, 1.54) is 0 Å². The SMILES string of the molecule is COc1ccc(/C=C/C(C)=N\OC(=O)Nc2ccc(Cl)cc2)cc1. The minimum atomic E-state index is -0.672. The minimum Gasteiger partial charge on any atom is -0.497 e. The van der Waals surface area contributed by atoms with Gasteiger partial charge in [-0.15, -0.1) is 0 Å². The molecule has 0 saturated heterocycles. The maximum Gasteiger partial charge on any atom is 0.437 e. The molecule has 0 aromatic heterocycles. The van der Waals surface area contributed by atoms with Crippen molar-refractivity contribution in [1.82, 2.24) is 0 Å². The Balaban J connectivity index is 1.86. The van der Waals surface area contributed by atoms with Crippen LogP contribution in [-0.4, -0.2) is 18.9 Å². The highest BCUT2D eigenvalue weighted by atomic mass is 35.5. The first-order chi connectivity index (χ1) is 11.6. The number of amides is 1. The van der Waals surface area contributed by atoms with Crippen LogP contribution in [0.3, 0.4) is 0 Å². The van der Waals surface area contributed by atoms with Gasteiger partial charge in [-0.2, -0.15) is 0 Å². The number of nitrogens with one attached hydrogen (secondary N) is 1. The number of rotatable bonds is 5. The lowest BCUT2D eigenvalue weighted by atomic mass is 10.2. The van der Waals surface area contributed by atoms with Crippen LogP contribution < -0.4 is 10.1 Å². The highest BCUT2D eigenvalue weighted by molar-refractivity contribution is 6.30. The van der Waals surface area contributed by atoms with Gasteiger partial charge in [0.05, 0.1) is 12.8 Å². The molecule has 24 heavy (non-hydrogen) atoms. The van der Waals surface area contributed by atoms with Crippen LogP contribution in [0.25, 0.3) is 6.08 Å². The van der Waals surface area contributed by atoms with Crippen molar-refractivity contribution in [3.05, 3.63) is 65.2 Å². The summed E-state index contributed by atoms with van der Waals surface area (Å²) in [6, 6.07) is 14.2. The number of nitrogens with zero attached hydrogens (tertiary/aromatic N) is 1. The number of carbonyl (C=O) groups is 1. The second-order valence-corrected chi connectivity index (χ2v) is 5.29. The third-order valence-electron chi connectivity index (χ3n) is 3.00. The first-order valence-electron chi connectivity index (χ1n) is 7.17. The summed E-state index contributed by atoms with van der Waals surface area (Å²) < 4.78 is 5.10. The molecule has 1 N–H and O–H groups in total. The number of anilines is 1. The summed E-state index contributed by atoms with van der Waals surface area (Å²) in [7, 11) is 1.62. The summed E-state index contributed by atoms with van der Waals surface area (Å²) in [6.45, 7) is 1.73. The van der Waals surface area contributed by atoms with Gasteiger partial charge in [0.15, 0.2) is 0 Å². The summed E-state index contributed by atoms with van der Waals surface area (Å²) in [6.07, 6.45) is 2.94. The zero-order valence-electron chi connectivity index (χ0n) is 13.3. The van der Waals surface area contributed by atoms with Crippen molar-refractivity contribution >= 4 is 35.2 Å². The van der Waals surface area contributed by atoms with Crippen molar-refractivity contribution in [2.24, 2.45) is 5.16 Å². The molecule has 0 saturated carbocycles. The van der Waals surface area contributed by atoms with Gasteiger partial charge in [-0.3, -0.25) is 10.2 Å². The molecule has 0 aliphatic heterocycles. The van der Waals surface area contributed by atoms with Crippen LogP contribution in [0.5, 0.6) is 5.75 Å². The van der Waals surface area contributed by atoms with Crippen molar-refractivity contribution < 1.29 is 14.4 Å². The van der Waals surface area contributed by atoms with Crippen molar-refractivity contribution in [3.63, 3.8) is 0 Å². The molecule has 0 atom stereocenters. The number of hydrogen-bond acceptors (Lipinski definition) is 4. The summed E-state index contributed by atoms with van der Waals surface area (Å²) in [5.74, 6) is 0.791. The first kappa shape index (κ1) is 17.6. The maximum atomic E-state index is 11.6. The molecule has 0 fully saturated rings. The molecule has 0 aliphatic carbocycles. The Labute approximate surface area is 145 Å². The van der Waals surface area contributed by atoms with E-state index in [0.717, 1.165) is 11.3 Å². The fraction of sp³-hybridized carbons (Fsp3) is 0.111. The van der Waals surface area contributed by atoms with Gasteiger partial charge in [0.25, 0.3) is 0 Å². The molecule has 2 rings (SSSR count). The van der Waals surface area contributed by atoms with Gasteiger partial charge in [-0.25, -0.2) is 4.79 Å². The zero-order valence-corrected chi connectivity index (χ0v) is 14.1. The van der Waals surface area contributed by atoms with E-state index in [0.29, 0.717) is 16.4 Å². The van der Waals surface area contributed by atoms with E-state index in [4.69, 9.17) is 21.2 Å². The van der Waals surface area contributed by atoms with Crippen LogP contribution in [0.15, 0.2) is 59.8 Å². The Hall–Kier alpha value is -2.79. The number of methoxy groups -OCH3 is 1. The highest BCUT2D eigenvalue weighted by Gasteiger charge is 2.02. The third kappa shape index (κ3) is 5.78. The van der Waals surface area contributed by atoms with Crippen molar-refractivity contribution in [2.45, 2.75) is 6.92 Å². The number of allylic oxidation sites excluding steroid dienone is 1. The van der Waals surface area contributed by atoms with Crippen LogP contribution in [0.1, 0.15) is 12.5 Å². The number of ether oxygens (including phenoxy) is 1. The van der Waals surface area contributed by atoms with Gasteiger partial charge >= 0.3 is 6.09 Å². The Morgan fingerprint density at radius 3 is 2.42 bits per heavy atom. The number of benzene rings is 2. The smallest absolute Gasteiger partial charge is 0.437 e. The highest BCUT2D eigenvalue weighted by Crippen LogP contribution is 2.14. The average Bonchev–Trinajstić information content (AvgIpc) is 2.60. The van der Waals surface area contributed by atoms with Crippen molar-refractivity contribution in [3.8, 4) is 5.75 Å². The van der Waals surface area contributed by atoms with Crippen molar-refractivity contribution in [1.29, 1.82) is 0 Å². The second kappa shape index (κ2) is 8.74. The molecule has 0 radical (unpaired) electrons. The molecule has 0 spiro atoms. The van der Waals surface area contributed by atoms with Gasteiger partial charge < -0.3 is 4.74 Å². The van der Waals surface area contributed by atoms with E-state index in [-0.39, 0.29) is 0 Å². The molecule has 0 heterocycles. The van der Waals surface area contributed by atoms with Crippen molar-refractivity contribution in [2.75, 3.05) is 12.4 Å².